The molecule has 2 aliphatic rings. The van der Waals surface area contributed by atoms with E-state index >= 15 is 0 Å². The SMILES string of the molecule is CCOC(=O)c1ccccc1NC(=O)CSC1NC(=O)C2CNN(c3ccc(Cl)cc3)C2N1. The number of hydrogen-bond donors (Lipinski definition) is 4. The predicted octanol–water partition coefficient (Wildman–Crippen LogP) is 2.16. The third-order valence-corrected chi connectivity index (χ3v) is 6.52. The van der Waals surface area contributed by atoms with Crippen LogP contribution in [0.4, 0.5) is 11.4 Å². The molecule has 2 aliphatic heterocycles. The lowest BCUT2D eigenvalue weighted by Gasteiger charge is -2.37. The van der Waals surface area contributed by atoms with Crippen molar-refractivity contribution in [3.8, 4) is 0 Å². The Balaban J connectivity index is 1.36. The number of benzene rings is 2. The molecule has 2 amide bonds. The van der Waals surface area contributed by atoms with Gasteiger partial charge in [-0.25, -0.2) is 10.2 Å². The van der Waals surface area contributed by atoms with Gasteiger partial charge in [0.15, 0.2) is 0 Å². The Labute approximate surface area is 200 Å². The molecule has 4 rings (SSSR count). The second-order valence-corrected chi connectivity index (χ2v) is 8.97. The van der Waals surface area contributed by atoms with Gasteiger partial charge in [-0.3, -0.25) is 19.9 Å². The molecule has 0 radical (unpaired) electrons. The Bertz CT molecular complexity index is 1040. The summed E-state index contributed by atoms with van der Waals surface area (Å²) in [6.07, 6.45) is -0.273. The lowest BCUT2D eigenvalue weighted by atomic mass is 10.1. The first-order valence-electron chi connectivity index (χ1n) is 10.5. The van der Waals surface area contributed by atoms with Crippen molar-refractivity contribution < 1.29 is 19.1 Å². The molecule has 174 valence electrons. The number of nitrogens with one attached hydrogen (secondary N) is 4. The van der Waals surface area contributed by atoms with Gasteiger partial charge in [0.25, 0.3) is 0 Å². The van der Waals surface area contributed by atoms with Crippen molar-refractivity contribution in [3.05, 3.63) is 59.1 Å². The van der Waals surface area contributed by atoms with Gasteiger partial charge in [-0.1, -0.05) is 23.7 Å². The number of nitrogens with zero attached hydrogens (tertiary/aromatic N) is 1. The maximum atomic E-state index is 12.6. The number of ether oxygens (including phenoxy) is 1. The normalized spacial score (nSPS) is 21.8. The average Bonchev–Trinajstić information content (AvgIpc) is 3.23. The zero-order valence-electron chi connectivity index (χ0n) is 17.8. The molecule has 0 spiro atoms. The zero-order valence-corrected chi connectivity index (χ0v) is 19.4. The summed E-state index contributed by atoms with van der Waals surface area (Å²) in [5, 5.41) is 11.6. The first-order valence-corrected chi connectivity index (χ1v) is 11.9. The topological polar surface area (TPSA) is 112 Å². The summed E-state index contributed by atoms with van der Waals surface area (Å²) in [7, 11) is 0. The molecular formula is C22H24ClN5O4S. The van der Waals surface area contributed by atoms with Crippen LogP contribution in [0.25, 0.3) is 0 Å². The van der Waals surface area contributed by atoms with Crippen LogP contribution in [0.15, 0.2) is 48.5 Å². The van der Waals surface area contributed by atoms with E-state index in [2.05, 4.69) is 21.4 Å². The molecule has 2 saturated heterocycles. The summed E-state index contributed by atoms with van der Waals surface area (Å²) in [5.74, 6) is -1.09. The fourth-order valence-electron chi connectivity index (χ4n) is 3.71. The molecule has 0 bridgehead atoms. The van der Waals surface area contributed by atoms with Crippen molar-refractivity contribution in [1.29, 1.82) is 0 Å². The highest BCUT2D eigenvalue weighted by atomic mass is 35.5. The third kappa shape index (κ3) is 5.41. The first kappa shape index (κ1) is 23.4. The number of amides is 2. The summed E-state index contributed by atoms with van der Waals surface area (Å²) >= 11 is 7.24. The maximum Gasteiger partial charge on any atom is 0.340 e. The molecule has 9 nitrogen and oxygen atoms in total. The van der Waals surface area contributed by atoms with E-state index in [1.807, 2.05) is 17.1 Å². The second kappa shape index (κ2) is 10.4. The van der Waals surface area contributed by atoms with Crippen LogP contribution in [0.1, 0.15) is 17.3 Å². The van der Waals surface area contributed by atoms with E-state index in [1.165, 1.54) is 11.8 Å². The Morgan fingerprint density at radius 3 is 2.73 bits per heavy atom. The van der Waals surface area contributed by atoms with E-state index < -0.39 is 11.5 Å². The number of fused-ring (bicyclic) bond motifs is 1. The molecule has 0 aromatic heterocycles. The second-order valence-electron chi connectivity index (χ2n) is 7.44. The van der Waals surface area contributed by atoms with Crippen molar-refractivity contribution >= 4 is 52.5 Å². The lowest BCUT2D eigenvalue weighted by molar-refractivity contribution is -0.127. The quantitative estimate of drug-likeness (QED) is 0.438. The van der Waals surface area contributed by atoms with Gasteiger partial charge in [0.1, 0.15) is 11.7 Å². The van der Waals surface area contributed by atoms with Gasteiger partial charge in [0.05, 0.1) is 35.2 Å². The van der Waals surface area contributed by atoms with Crippen LogP contribution in [0.2, 0.25) is 5.02 Å². The zero-order chi connectivity index (χ0) is 23.4. The lowest BCUT2D eigenvalue weighted by Crippen LogP contribution is -2.63. The summed E-state index contributed by atoms with van der Waals surface area (Å²) in [6.45, 7) is 2.46. The number of anilines is 2. The van der Waals surface area contributed by atoms with Crippen molar-refractivity contribution in [2.45, 2.75) is 18.6 Å². The molecule has 0 aliphatic carbocycles. The van der Waals surface area contributed by atoms with E-state index in [0.717, 1.165) is 5.69 Å². The number of rotatable bonds is 7. The minimum Gasteiger partial charge on any atom is -0.462 e. The summed E-state index contributed by atoms with van der Waals surface area (Å²) < 4.78 is 5.04. The first-order chi connectivity index (χ1) is 16.0. The number of halogens is 1. The van der Waals surface area contributed by atoms with Crippen LogP contribution in [-0.2, 0) is 14.3 Å². The molecule has 2 heterocycles. The van der Waals surface area contributed by atoms with Crippen LogP contribution < -0.4 is 26.4 Å². The molecule has 33 heavy (non-hydrogen) atoms. The Kier molecular flexibility index (Phi) is 7.39. The molecular weight excluding hydrogens is 466 g/mol. The number of carbonyl (C=O) groups excluding carboxylic acids is 3. The van der Waals surface area contributed by atoms with Crippen LogP contribution in [-0.4, -0.2) is 48.4 Å². The van der Waals surface area contributed by atoms with Gasteiger partial charge in [0.2, 0.25) is 11.8 Å². The van der Waals surface area contributed by atoms with E-state index in [1.54, 1.807) is 43.3 Å². The fraction of sp³-hybridized carbons (Fsp3) is 0.318. The summed E-state index contributed by atoms with van der Waals surface area (Å²) in [6, 6.07) is 14.0. The van der Waals surface area contributed by atoms with Gasteiger partial charge in [-0.2, -0.15) is 0 Å². The highest BCUT2D eigenvalue weighted by Gasteiger charge is 2.44. The van der Waals surface area contributed by atoms with Gasteiger partial charge in [-0.05, 0) is 43.3 Å². The van der Waals surface area contributed by atoms with Gasteiger partial charge < -0.3 is 15.4 Å². The predicted molar refractivity (Wildman–Crippen MR) is 128 cm³/mol. The number of esters is 1. The van der Waals surface area contributed by atoms with Crippen molar-refractivity contribution in [2.75, 3.05) is 29.2 Å². The maximum absolute atomic E-state index is 12.6. The molecule has 2 fully saturated rings. The minimum absolute atomic E-state index is 0.0703. The van der Waals surface area contributed by atoms with Crippen molar-refractivity contribution in [1.82, 2.24) is 16.1 Å². The van der Waals surface area contributed by atoms with Gasteiger partial charge in [-0.15, -0.1) is 11.8 Å². The number of para-hydroxylation sites is 1. The van der Waals surface area contributed by atoms with E-state index in [-0.39, 0.29) is 36.3 Å². The van der Waals surface area contributed by atoms with Crippen LogP contribution in [0.3, 0.4) is 0 Å². The molecule has 2 aromatic rings. The molecule has 2 aromatic carbocycles. The summed E-state index contributed by atoms with van der Waals surface area (Å²) in [4.78, 5) is 37.3. The summed E-state index contributed by atoms with van der Waals surface area (Å²) in [5.41, 5.74) is 4.34. The number of carbonyl (C=O) groups is 3. The molecule has 3 unspecified atom stereocenters. The van der Waals surface area contributed by atoms with Gasteiger partial charge >= 0.3 is 5.97 Å². The Morgan fingerprint density at radius 2 is 1.97 bits per heavy atom. The van der Waals surface area contributed by atoms with E-state index in [0.29, 0.717) is 22.8 Å². The number of hydrogen-bond acceptors (Lipinski definition) is 8. The number of thioether (sulfide) groups is 1. The molecule has 0 saturated carbocycles. The smallest absolute Gasteiger partial charge is 0.340 e. The standard InChI is InChI=1S/C22H24ClN5O4S/c1-2-32-21(31)15-5-3-4-6-17(15)25-18(29)12-33-22-26-19-16(20(30)27-22)11-24-28(19)14-9-7-13(23)8-10-14/h3-10,16,19,22,24,26H,2,11-12H2,1H3,(H,25,29)(H,27,30). The molecule has 4 N–H and O–H groups in total. The minimum atomic E-state index is -0.496. The Hall–Kier alpha value is -2.79. The molecule has 11 heteroatoms. The van der Waals surface area contributed by atoms with Crippen LogP contribution in [0, 0.1) is 5.92 Å². The highest BCUT2D eigenvalue weighted by molar-refractivity contribution is 8.00. The average molecular weight is 490 g/mol. The third-order valence-electron chi connectivity index (χ3n) is 5.26. The van der Waals surface area contributed by atoms with Gasteiger partial charge in [0, 0.05) is 11.6 Å². The van der Waals surface area contributed by atoms with Crippen LogP contribution >= 0.6 is 23.4 Å². The monoisotopic (exact) mass is 489 g/mol. The van der Waals surface area contributed by atoms with Crippen molar-refractivity contribution in [2.24, 2.45) is 5.92 Å². The van der Waals surface area contributed by atoms with Crippen molar-refractivity contribution in [3.63, 3.8) is 0 Å². The highest BCUT2D eigenvalue weighted by Crippen LogP contribution is 2.28. The fourth-order valence-corrected chi connectivity index (χ4v) is 4.67. The number of hydrazine groups is 1. The van der Waals surface area contributed by atoms with E-state index in [4.69, 9.17) is 16.3 Å². The largest absolute Gasteiger partial charge is 0.462 e. The van der Waals surface area contributed by atoms with E-state index in [9.17, 15) is 14.4 Å². The van der Waals surface area contributed by atoms with Crippen LogP contribution in [0.5, 0.6) is 0 Å². The molecule has 3 atom stereocenters. The Morgan fingerprint density at radius 1 is 1.21 bits per heavy atom.